The molecular formula is C21H15N5O2. The van der Waals surface area contributed by atoms with Crippen LogP contribution in [0.5, 0.6) is 0 Å². The molecule has 7 heteroatoms. The van der Waals surface area contributed by atoms with Crippen LogP contribution in [-0.2, 0) is 0 Å². The summed E-state index contributed by atoms with van der Waals surface area (Å²) in [4.78, 5) is 12.5. The molecule has 0 bridgehead atoms. The maximum Gasteiger partial charge on any atom is 0.294 e. The standard InChI is InChI=1S/C21H15N5O2/c1-14-8-9-26(24-14)18-7-3-6-17(11-18)23-21(27)20-12-19(25-28-20)16-5-2-4-15(10-16)13-22/h2-12H,1H3,(H,23,27). The third-order valence-corrected chi connectivity index (χ3v) is 4.11. The lowest BCUT2D eigenvalue weighted by Gasteiger charge is -2.06. The second-order valence-corrected chi connectivity index (χ2v) is 6.18. The molecule has 28 heavy (non-hydrogen) atoms. The maximum absolute atomic E-state index is 12.5. The molecule has 0 atom stereocenters. The number of benzene rings is 2. The van der Waals surface area contributed by atoms with Gasteiger partial charge in [0.15, 0.2) is 0 Å². The Morgan fingerprint density at radius 1 is 1.14 bits per heavy atom. The Bertz CT molecular complexity index is 1200. The van der Waals surface area contributed by atoms with E-state index < -0.39 is 5.91 Å². The molecule has 7 nitrogen and oxygen atoms in total. The quantitative estimate of drug-likeness (QED) is 0.587. The third kappa shape index (κ3) is 3.52. The summed E-state index contributed by atoms with van der Waals surface area (Å²) < 4.78 is 6.92. The number of carbonyl (C=O) groups excluding carboxylic acids is 1. The fraction of sp³-hybridized carbons (Fsp3) is 0.0476. The van der Waals surface area contributed by atoms with Crippen molar-refractivity contribution in [3.63, 3.8) is 0 Å². The molecular weight excluding hydrogens is 354 g/mol. The van der Waals surface area contributed by atoms with E-state index in [1.54, 1.807) is 41.1 Å². The highest BCUT2D eigenvalue weighted by atomic mass is 16.5. The molecule has 0 unspecified atom stereocenters. The van der Waals surface area contributed by atoms with Crippen LogP contribution in [0.1, 0.15) is 21.8 Å². The van der Waals surface area contributed by atoms with Gasteiger partial charge in [-0.2, -0.15) is 10.4 Å². The van der Waals surface area contributed by atoms with E-state index in [2.05, 4.69) is 21.6 Å². The highest BCUT2D eigenvalue weighted by molar-refractivity contribution is 6.02. The van der Waals surface area contributed by atoms with E-state index in [1.807, 2.05) is 37.4 Å². The lowest BCUT2D eigenvalue weighted by molar-refractivity contribution is 0.0988. The molecule has 4 rings (SSSR count). The van der Waals surface area contributed by atoms with E-state index in [9.17, 15) is 4.79 Å². The molecule has 0 saturated heterocycles. The Balaban J connectivity index is 1.53. The fourth-order valence-electron chi connectivity index (χ4n) is 2.74. The van der Waals surface area contributed by atoms with Crippen LogP contribution in [0.2, 0.25) is 0 Å². The van der Waals surface area contributed by atoms with E-state index in [-0.39, 0.29) is 5.76 Å². The number of aryl methyl sites for hydroxylation is 1. The van der Waals surface area contributed by atoms with Gasteiger partial charge in [0.1, 0.15) is 5.69 Å². The average molecular weight is 369 g/mol. The van der Waals surface area contributed by atoms with Gasteiger partial charge in [-0.05, 0) is 43.3 Å². The van der Waals surface area contributed by atoms with Crippen molar-refractivity contribution in [2.75, 3.05) is 5.32 Å². The van der Waals surface area contributed by atoms with Gasteiger partial charge in [0.25, 0.3) is 5.91 Å². The summed E-state index contributed by atoms with van der Waals surface area (Å²) in [6, 6.07) is 19.8. The van der Waals surface area contributed by atoms with Crippen LogP contribution in [-0.4, -0.2) is 20.8 Å². The van der Waals surface area contributed by atoms with E-state index in [0.29, 0.717) is 22.5 Å². The van der Waals surface area contributed by atoms with Crippen LogP contribution in [0.4, 0.5) is 5.69 Å². The zero-order valence-electron chi connectivity index (χ0n) is 15.0. The minimum Gasteiger partial charge on any atom is -0.350 e. The van der Waals surface area contributed by atoms with Gasteiger partial charge < -0.3 is 9.84 Å². The van der Waals surface area contributed by atoms with Crippen molar-refractivity contribution in [2.45, 2.75) is 6.92 Å². The number of nitrogens with one attached hydrogen (secondary N) is 1. The zero-order chi connectivity index (χ0) is 19.5. The molecule has 2 heterocycles. The van der Waals surface area contributed by atoms with Crippen LogP contribution in [0.15, 0.2) is 71.4 Å². The van der Waals surface area contributed by atoms with E-state index in [4.69, 9.17) is 9.78 Å². The number of hydrogen-bond donors (Lipinski definition) is 1. The van der Waals surface area contributed by atoms with Crippen LogP contribution >= 0.6 is 0 Å². The van der Waals surface area contributed by atoms with E-state index in [1.165, 1.54) is 0 Å². The minimum absolute atomic E-state index is 0.0812. The highest BCUT2D eigenvalue weighted by Gasteiger charge is 2.15. The number of carbonyl (C=O) groups is 1. The summed E-state index contributed by atoms with van der Waals surface area (Å²) in [6.07, 6.45) is 1.86. The van der Waals surface area contributed by atoms with Crippen molar-refractivity contribution in [1.29, 1.82) is 5.26 Å². The number of nitriles is 1. The Morgan fingerprint density at radius 3 is 2.79 bits per heavy atom. The van der Waals surface area contributed by atoms with Crippen molar-refractivity contribution in [3.8, 4) is 23.0 Å². The SMILES string of the molecule is Cc1ccn(-c2cccc(NC(=O)c3cc(-c4cccc(C#N)c4)no3)c2)n1. The first-order valence-electron chi connectivity index (χ1n) is 8.54. The van der Waals surface area contributed by atoms with Crippen LogP contribution in [0, 0.1) is 18.3 Å². The van der Waals surface area contributed by atoms with Gasteiger partial charge in [-0.25, -0.2) is 4.68 Å². The van der Waals surface area contributed by atoms with Gasteiger partial charge in [0.2, 0.25) is 5.76 Å². The summed E-state index contributed by atoms with van der Waals surface area (Å²) in [6.45, 7) is 1.91. The Morgan fingerprint density at radius 2 is 2.00 bits per heavy atom. The van der Waals surface area contributed by atoms with Gasteiger partial charge in [-0.1, -0.05) is 23.4 Å². The van der Waals surface area contributed by atoms with Gasteiger partial charge in [-0.3, -0.25) is 4.79 Å². The summed E-state index contributed by atoms with van der Waals surface area (Å²) in [5.74, 6) is -0.332. The van der Waals surface area contributed by atoms with Crippen molar-refractivity contribution < 1.29 is 9.32 Å². The smallest absolute Gasteiger partial charge is 0.294 e. The largest absolute Gasteiger partial charge is 0.350 e. The molecule has 0 aliphatic carbocycles. The zero-order valence-corrected chi connectivity index (χ0v) is 15.0. The fourth-order valence-corrected chi connectivity index (χ4v) is 2.74. The summed E-state index contributed by atoms with van der Waals surface area (Å²) in [5, 5.41) is 20.1. The summed E-state index contributed by atoms with van der Waals surface area (Å²) >= 11 is 0. The maximum atomic E-state index is 12.5. The molecule has 2 aromatic heterocycles. The molecule has 0 aliphatic rings. The van der Waals surface area contributed by atoms with Gasteiger partial charge in [-0.15, -0.1) is 0 Å². The molecule has 1 N–H and O–H groups in total. The second-order valence-electron chi connectivity index (χ2n) is 6.18. The first-order chi connectivity index (χ1) is 13.6. The van der Waals surface area contributed by atoms with Crippen molar-refractivity contribution >= 4 is 11.6 Å². The molecule has 2 aromatic carbocycles. The Labute approximate surface area is 160 Å². The molecule has 0 saturated carbocycles. The Kier molecular flexibility index (Phi) is 4.44. The number of aromatic nitrogens is 3. The molecule has 0 spiro atoms. The van der Waals surface area contributed by atoms with Gasteiger partial charge in [0.05, 0.1) is 23.0 Å². The van der Waals surface area contributed by atoms with Gasteiger partial charge >= 0.3 is 0 Å². The monoisotopic (exact) mass is 369 g/mol. The molecule has 0 fully saturated rings. The predicted octanol–water partition coefficient (Wildman–Crippen LogP) is 3.96. The number of amides is 1. The minimum atomic E-state index is -0.413. The van der Waals surface area contributed by atoms with Crippen molar-refractivity contribution in [2.24, 2.45) is 0 Å². The summed E-state index contributed by atoms with van der Waals surface area (Å²) in [5.41, 5.74) is 4.06. The predicted molar refractivity (Wildman–Crippen MR) is 103 cm³/mol. The van der Waals surface area contributed by atoms with Crippen LogP contribution < -0.4 is 5.32 Å². The molecule has 0 aliphatic heterocycles. The molecule has 136 valence electrons. The van der Waals surface area contributed by atoms with Gasteiger partial charge in [0, 0.05) is 23.5 Å². The Hall–Kier alpha value is -4.18. The number of rotatable bonds is 4. The van der Waals surface area contributed by atoms with Crippen LogP contribution in [0.25, 0.3) is 16.9 Å². The lowest BCUT2D eigenvalue weighted by atomic mass is 10.1. The molecule has 1 amide bonds. The normalized spacial score (nSPS) is 10.4. The first-order valence-corrected chi connectivity index (χ1v) is 8.54. The third-order valence-electron chi connectivity index (χ3n) is 4.11. The van der Waals surface area contributed by atoms with Crippen LogP contribution in [0.3, 0.4) is 0 Å². The molecule has 4 aromatic rings. The topological polar surface area (TPSA) is 96.7 Å². The number of hydrogen-bond acceptors (Lipinski definition) is 5. The first kappa shape index (κ1) is 17.2. The van der Waals surface area contributed by atoms with E-state index >= 15 is 0 Å². The summed E-state index contributed by atoms with van der Waals surface area (Å²) in [7, 11) is 0. The number of nitrogens with zero attached hydrogens (tertiary/aromatic N) is 4. The molecule has 0 radical (unpaired) electrons. The lowest BCUT2D eigenvalue weighted by Crippen LogP contribution is -2.11. The van der Waals surface area contributed by atoms with Crippen molar-refractivity contribution in [1.82, 2.24) is 14.9 Å². The average Bonchev–Trinajstić information content (AvgIpc) is 3.38. The second kappa shape index (κ2) is 7.21. The van der Waals surface area contributed by atoms with E-state index in [0.717, 1.165) is 11.4 Å². The highest BCUT2D eigenvalue weighted by Crippen LogP contribution is 2.21. The van der Waals surface area contributed by atoms with Crippen molar-refractivity contribution in [3.05, 3.63) is 83.9 Å². The number of anilines is 1.